The minimum absolute atomic E-state index is 0.290. The van der Waals surface area contributed by atoms with Gasteiger partial charge in [0.25, 0.3) is 0 Å². The van der Waals surface area contributed by atoms with Crippen LogP contribution < -0.4 is 0 Å². The standard InChI is InChI=1S/C49H32F4/c50-45-25-9-37(10-26-45)33-1-17-41(18-2-33)49(42-19-3-34(4-20-42)38-11-27-46(51)28-12-38,43-21-5-35(6-22-43)39-13-29-47(52)30-14-39)44-23-7-36(8-24-44)40-15-31-48(53)32-16-40/h1-32H. The molecule has 0 amide bonds. The van der Waals surface area contributed by atoms with Gasteiger partial charge in [-0.2, -0.15) is 0 Å². The average molecular weight is 697 g/mol. The Balaban J connectivity index is 1.33. The fourth-order valence-corrected chi connectivity index (χ4v) is 7.22. The number of halogens is 4. The molecule has 0 fully saturated rings. The van der Waals surface area contributed by atoms with Gasteiger partial charge in [-0.25, -0.2) is 17.6 Å². The Kier molecular flexibility index (Phi) is 9.03. The van der Waals surface area contributed by atoms with Crippen molar-refractivity contribution >= 4 is 0 Å². The fraction of sp³-hybridized carbons (Fsp3) is 0.0204. The first-order valence-corrected chi connectivity index (χ1v) is 17.3. The first kappa shape index (κ1) is 33.6. The molecule has 4 heteroatoms. The quantitative estimate of drug-likeness (QED) is 0.110. The van der Waals surface area contributed by atoms with Gasteiger partial charge in [-0.05, 0) is 115 Å². The molecular weight excluding hydrogens is 665 g/mol. The molecule has 8 rings (SSSR count). The highest BCUT2D eigenvalue weighted by molar-refractivity contribution is 5.72. The number of benzene rings is 8. The summed E-state index contributed by atoms with van der Waals surface area (Å²) in [4.78, 5) is 0. The van der Waals surface area contributed by atoms with Crippen LogP contribution in [-0.4, -0.2) is 0 Å². The number of rotatable bonds is 8. The highest BCUT2D eigenvalue weighted by atomic mass is 19.1. The Morgan fingerprint density at radius 1 is 0.189 bits per heavy atom. The van der Waals surface area contributed by atoms with E-state index in [1.807, 2.05) is 0 Å². The Bertz CT molecular complexity index is 2090. The fourth-order valence-electron chi connectivity index (χ4n) is 7.22. The first-order valence-electron chi connectivity index (χ1n) is 17.3. The lowest BCUT2D eigenvalue weighted by Crippen LogP contribution is -2.31. The SMILES string of the molecule is Fc1ccc(-c2ccc(C(c3ccc(-c4ccc(F)cc4)cc3)(c3ccc(-c4ccc(F)cc4)cc3)c3ccc(-c4ccc(F)cc4)cc3)cc2)cc1. The smallest absolute Gasteiger partial charge is 0.123 e. The lowest BCUT2D eigenvalue weighted by molar-refractivity contribution is 0.627. The van der Waals surface area contributed by atoms with Crippen LogP contribution in [-0.2, 0) is 5.41 Å². The third-order valence-corrected chi connectivity index (χ3v) is 9.98. The highest BCUT2D eigenvalue weighted by Crippen LogP contribution is 2.47. The zero-order chi connectivity index (χ0) is 36.4. The minimum Gasteiger partial charge on any atom is -0.207 e. The molecule has 0 atom stereocenters. The summed E-state index contributed by atoms with van der Waals surface area (Å²) in [5.41, 5.74) is 10.6. The van der Waals surface area contributed by atoms with Gasteiger partial charge in [0.1, 0.15) is 23.3 Å². The minimum atomic E-state index is -0.828. The molecule has 0 aliphatic heterocycles. The van der Waals surface area contributed by atoms with Crippen molar-refractivity contribution in [2.45, 2.75) is 5.41 Å². The van der Waals surface area contributed by atoms with Crippen molar-refractivity contribution in [3.05, 3.63) is 240 Å². The van der Waals surface area contributed by atoms with E-state index in [2.05, 4.69) is 97.1 Å². The first-order chi connectivity index (χ1) is 25.9. The van der Waals surface area contributed by atoms with Gasteiger partial charge in [-0.15, -0.1) is 0 Å². The van der Waals surface area contributed by atoms with Gasteiger partial charge in [0.15, 0.2) is 0 Å². The van der Waals surface area contributed by atoms with Crippen LogP contribution in [0.25, 0.3) is 44.5 Å². The van der Waals surface area contributed by atoms with Gasteiger partial charge < -0.3 is 0 Å². The van der Waals surface area contributed by atoms with E-state index < -0.39 is 5.41 Å². The van der Waals surface area contributed by atoms with E-state index in [0.717, 1.165) is 66.8 Å². The van der Waals surface area contributed by atoms with Crippen molar-refractivity contribution in [1.82, 2.24) is 0 Å². The van der Waals surface area contributed by atoms with Gasteiger partial charge in [0, 0.05) is 0 Å². The van der Waals surface area contributed by atoms with Crippen molar-refractivity contribution in [3.63, 3.8) is 0 Å². The van der Waals surface area contributed by atoms with E-state index in [-0.39, 0.29) is 23.3 Å². The maximum absolute atomic E-state index is 13.8. The van der Waals surface area contributed by atoms with Crippen LogP contribution in [0.2, 0.25) is 0 Å². The van der Waals surface area contributed by atoms with E-state index in [0.29, 0.717) is 0 Å². The molecule has 53 heavy (non-hydrogen) atoms. The van der Waals surface area contributed by atoms with Gasteiger partial charge in [-0.1, -0.05) is 146 Å². The third-order valence-electron chi connectivity index (χ3n) is 9.98. The summed E-state index contributed by atoms with van der Waals surface area (Å²) in [6.07, 6.45) is 0. The molecule has 0 saturated heterocycles. The second kappa shape index (κ2) is 14.2. The summed E-state index contributed by atoms with van der Waals surface area (Å²) in [7, 11) is 0. The normalized spacial score (nSPS) is 11.4. The van der Waals surface area contributed by atoms with Crippen LogP contribution in [0.3, 0.4) is 0 Å². The topological polar surface area (TPSA) is 0 Å². The molecule has 0 spiro atoms. The molecule has 0 aliphatic carbocycles. The lowest BCUT2D eigenvalue weighted by atomic mass is 9.64. The van der Waals surface area contributed by atoms with E-state index in [9.17, 15) is 17.6 Å². The number of hydrogen-bond acceptors (Lipinski definition) is 0. The molecule has 256 valence electrons. The molecular formula is C49H32F4. The molecule has 8 aromatic carbocycles. The molecule has 0 saturated carbocycles. The van der Waals surface area contributed by atoms with Crippen LogP contribution in [0.4, 0.5) is 17.6 Å². The van der Waals surface area contributed by atoms with Gasteiger partial charge in [-0.3, -0.25) is 0 Å². The molecule has 0 unspecified atom stereocenters. The Morgan fingerprint density at radius 3 is 0.472 bits per heavy atom. The van der Waals surface area contributed by atoms with Crippen LogP contribution in [0.1, 0.15) is 22.3 Å². The molecule has 0 aliphatic rings. The Hall–Kier alpha value is -6.52. The van der Waals surface area contributed by atoms with Crippen molar-refractivity contribution in [2.75, 3.05) is 0 Å². The summed E-state index contributed by atoms with van der Waals surface area (Å²) in [6.45, 7) is 0. The van der Waals surface area contributed by atoms with Crippen molar-refractivity contribution < 1.29 is 17.6 Å². The zero-order valence-electron chi connectivity index (χ0n) is 28.5. The zero-order valence-corrected chi connectivity index (χ0v) is 28.5. The predicted octanol–water partition coefficient (Wildman–Crippen LogP) is 13.3. The second-order valence-electron chi connectivity index (χ2n) is 13.1. The largest absolute Gasteiger partial charge is 0.207 e. The summed E-state index contributed by atoms with van der Waals surface area (Å²) >= 11 is 0. The monoisotopic (exact) mass is 696 g/mol. The van der Waals surface area contributed by atoms with Crippen molar-refractivity contribution in [2.24, 2.45) is 0 Å². The van der Waals surface area contributed by atoms with E-state index in [1.54, 1.807) is 48.5 Å². The molecule has 0 bridgehead atoms. The predicted molar refractivity (Wildman–Crippen MR) is 206 cm³/mol. The van der Waals surface area contributed by atoms with Crippen LogP contribution in [0, 0.1) is 23.3 Å². The van der Waals surface area contributed by atoms with E-state index >= 15 is 0 Å². The average Bonchev–Trinajstić information content (AvgIpc) is 3.20. The summed E-state index contributed by atoms with van der Waals surface area (Å²) < 4.78 is 55.2. The molecule has 0 heterocycles. The third kappa shape index (κ3) is 6.68. The summed E-state index contributed by atoms with van der Waals surface area (Å²) in [6, 6.07) is 59.3. The van der Waals surface area contributed by atoms with Crippen molar-refractivity contribution in [1.29, 1.82) is 0 Å². The molecule has 0 nitrogen and oxygen atoms in total. The summed E-state index contributed by atoms with van der Waals surface area (Å²) in [5, 5.41) is 0. The van der Waals surface area contributed by atoms with Crippen molar-refractivity contribution in [3.8, 4) is 44.5 Å². The van der Waals surface area contributed by atoms with Gasteiger partial charge in [0.2, 0.25) is 0 Å². The Labute approximate surface area is 306 Å². The van der Waals surface area contributed by atoms with Gasteiger partial charge >= 0.3 is 0 Å². The Morgan fingerprint density at radius 2 is 0.321 bits per heavy atom. The lowest BCUT2D eigenvalue weighted by Gasteiger charge is -2.37. The van der Waals surface area contributed by atoms with Gasteiger partial charge in [0.05, 0.1) is 5.41 Å². The van der Waals surface area contributed by atoms with Crippen LogP contribution in [0.15, 0.2) is 194 Å². The maximum Gasteiger partial charge on any atom is 0.123 e. The van der Waals surface area contributed by atoms with E-state index in [1.165, 1.54) is 48.5 Å². The molecule has 0 N–H and O–H groups in total. The number of hydrogen-bond donors (Lipinski definition) is 0. The van der Waals surface area contributed by atoms with Crippen LogP contribution >= 0.6 is 0 Å². The summed E-state index contributed by atoms with van der Waals surface area (Å²) in [5.74, 6) is -1.16. The molecule has 8 aromatic rings. The highest BCUT2D eigenvalue weighted by Gasteiger charge is 2.38. The van der Waals surface area contributed by atoms with Crippen LogP contribution in [0.5, 0.6) is 0 Å². The maximum atomic E-state index is 13.8. The van der Waals surface area contributed by atoms with E-state index in [4.69, 9.17) is 0 Å². The molecule has 0 aromatic heterocycles. The second-order valence-corrected chi connectivity index (χ2v) is 13.1. The molecule has 0 radical (unpaired) electrons.